The van der Waals surface area contributed by atoms with E-state index in [4.69, 9.17) is 0 Å². The molecule has 6 nitrogen and oxygen atoms in total. The van der Waals surface area contributed by atoms with Crippen LogP contribution in [0.3, 0.4) is 0 Å². The normalized spacial score (nSPS) is 11.7. The Hall–Kier alpha value is -3.88. The number of aromatic amines is 1. The van der Waals surface area contributed by atoms with Crippen LogP contribution in [0.15, 0.2) is 53.3 Å². The van der Waals surface area contributed by atoms with Crippen molar-refractivity contribution in [1.29, 1.82) is 0 Å². The molecule has 2 aromatic heterocycles. The van der Waals surface area contributed by atoms with Gasteiger partial charge in [0.1, 0.15) is 11.2 Å². The van der Waals surface area contributed by atoms with Crippen molar-refractivity contribution in [2.24, 2.45) is 0 Å². The molecule has 0 aliphatic carbocycles. The molecule has 4 rings (SSSR count). The third-order valence-corrected chi connectivity index (χ3v) is 5.38. The Labute approximate surface area is 180 Å². The van der Waals surface area contributed by atoms with Gasteiger partial charge in [0.05, 0.1) is 5.56 Å². The molecule has 0 fully saturated rings. The van der Waals surface area contributed by atoms with Crippen LogP contribution in [-0.4, -0.2) is 20.5 Å². The van der Waals surface area contributed by atoms with Gasteiger partial charge in [-0.2, -0.15) is 22.8 Å². The number of alkyl halides is 3. The first-order valence-electron chi connectivity index (χ1n) is 9.75. The lowest BCUT2D eigenvalue weighted by Gasteiger charge is -2.12. The zero-order valence-electron chi connectivity index (χ0n) is 17.5. The van der Waals surface area contributed by atoms with Crippen LogP contribution < -0.4 is 10.9 Å². The van der Waals surface area contributed by atoms with Crippen molar-refractivity contribution < 1.29 is 18.0 Å². The zero-order valence-corrected chi connectivity index (χ0v) is 17.5. The Morgan fingerprint density at radius 3 is 2.38 bits per heavy atom. The number of nitrogens with one attached hydrogen (secondary N) is 2. The van der Waals surface area contributed by atoms with Gasteiger partial charge in [-0.3, -0.25) is 9.59 Å². The summed E-state index contributed by atoms with van der Waals surface area (Å²) in [4.78, 5) is 28.8. The third kappa shape index (κ3) is 3.55. The second kappa shape index (κ2) is 7.67. The molecule has 0 aliphatic rings. The average molecular weight is 440 g/mol. The van der Waals surface area contributed by atoms with Gasteiger partial charge in [0, 0.05) is 11.4 Å². The van der Waals surface area contributed by atoms with Gasteiger partial charge in [-0.05, 0) is 43.5 Å². The number of H-pyrrole nitrogens is 1. The number of carbonyl (C=O) groups is 1. The Morgan fingerprint density at radius 2 is 1.72 bits per heavy atom. The highest BCUT2D eigenvalue weighted by molar-refractivity contribution is 6.05. The zero-order chi connectivity index (χ0) is 23.2. The number of benzene rings is 2. The van der Waals surface area contributed by atoms with E-state index in [1.807, 2.05) is 19.9 Å². The molecule has 32 heavy (non-hydrogen) atoms. The molecule has 2 aromatic carbocycles. The maximum atomic E-state index is 13.8. The van der Waals surface area contributed by atoms with Crippen LogP contribution in [0.1, 0.15) is 32.9 Å². The molecular formula is C23H19F3N4O2. The van der Waals surface area contributed by atoms with Gasteiger partial charge in [0.2, 0.25) is 0 Å². The number of carbonyl (C=O) groups excluding carboxylic acids is 1. The first-order chi connectivity index (χ1) is 15.1. The van der Waals surface area contributed by atoms with Crippen LogP contribution in [-0.2, 0) is 6.18 Å². The summed E-state index contributed by atoms with van der Waals surface area (Å²) >= 11 is 0. The highest BCUT2D eigenvalue weighted by atomic mass is 19.4. The summed E-state index contributed by atoms with van der Waals surface area (Å²) in [6.45, 7) is 5.16. The summed E-state index contributed by atoms with van der Waals surface area (Å²) in [5, 5.41) is 6.23. The molecule has 2 N–H and O–H groups in total. The molecule has 0 spiro atoms. The number of fused-ring (bicyclic) bond motifs is 1. The quantitative estimate of drug-likeness (QED) is 0.476. The summed E-state index contributed by atoms with van der Waals surface area (Å²) in [6, 6.07) is 13.2. The van der Waals surface area contributed by atoms with Gasteiger partial charge in [0.15, 0.2) is 5.69 Å². The maximum Gasteiger partial charge on any atom is 0.435 e. The van der Waals surface area contributed by atoms with E-state index in [-0.39, 0.29) is 28.0 Å². The minimum Gasteiger partial charge on any atom is -0.342 e. The van der Waals surface area contributed by atoms with Crippen molar-refractivity contribution in [2.75, 3.05) is 5.32 Å². The number of hydrogen-bond donors (Lipinski definition) is 2. The SMILES string of the molecule is Cc1cccc(NC(=O)c2c(C)[nH]c3c(-c4ccccc4)c(C(F)(F)F)nn3c2=O)c1C. The molecule has 9 heteroatoms. The number of aromatic nitrogens is 3. The minimum absolute atomic E-state index is 0.130. The van der Waals surface area contributed by atoms with Crippen molar-refractivity contribution in [3.8, 4) is 11.1 Å². The fourth-order valence-corrected chi connectivity index (χ4v) is 3.60. The predicted octanol–water partition coefficient (Wildman–Crippen LogP) is 4.89. The molecule has 0 bridgehead atoms. The largest absolute Gasteiger partial charge is 0.435 e. The summed E-state index contributed by atoms with van der Waals surface area (Å²) in [5.74, 6) is -0.732. The molecule has 4 aromatic rings. The van der Waals surface area contributed by atoms with E-state index in [2.05, 4.69) is 15.4 Å². The van der Waals surface area contributed by atoms with E-state index in [9.17, 15) is 22.8 Å². The Balaban J connectivity index is 1.92. The lowest BCUT2D eigenvalue weighted by molar-refractivity contribution is -0.140. The van der Waals surface area contributed by atoms with Crippen LogP contribution in [0.5, 0.6) is 0 Å². The first kappa shape index (κ1) is 21.4. The monoisotopic (exact) mass is 440 g/mol. The fraction of sp³-hybridized carbons (Fsp3) is 0.174. The lowest BCUT2D eigenvalue weighted by atomic mass is 10.1. The molecule has 0 radical (unpaired) electrons. The van der Waals surface area contributed by atoms with Gasteiger partial charge in [-0.1, -0.05) is 42.5 Å². The number of rotatable bonds is 3. The predicted molar refractivity (Wildman–Crippen MR) is 115 cm³/mol. The van der Waals surface area contributed by atoms with Crippen LogP contribution in [0.4, 0.5) is 18.9 Å². The van der Waals surface area contributed by atoms with E-state index in [0.717, 1.165) is 11.1 Å². The van der Waals surface area contributed by atoms with E-state index >= 15 is 0 Å². The molecule has 0 atom stereocenters. The number of aryl methyl sites for hydroxylation is 2. The smallest absolute Gasteiger partial charge is 0.342 e. The van der Waals surface area contributed by atoms with Crippen LogP contribution in [0.25, 0.3) is 16.8 Å². The van der Waals surface area contributed by atoms with Crippen LogP contribution in [0.2, 0.25) is 0 Å². The Bertz CT molecular complexity index is 1400. The van der Waals surface area contributed by atoms with Gasteiger partial charge >= 0.3 is 6.18 Å². The van der Waals surface area contributed by atoms with Crippen molar-refractivity contribution in [3.63, 3.8) is 0 Å². The lowest BCUT2D eigenvalue weighted by Crippen LogP contribution is -2.29. The number of nitrogens with zero attached hydrogens (tertiary/aromatic N) is 2. The number of halogens is 3. The topological polar surface area (TPSA) is 79.3 Å². The molecule has 0 unspecified atom stereocenters. The second-order valence-electron chi connectivity index (χ2n) is 7.48. The third-order valence-electron chi connectivity index (χ3n) is 5.38. The van der Waals surface area contributed by atoms with E-state index in [1.54, 1.807) is 30.3 Å². The van der Waals surface area contributed by atoms with Crippen LogP contribution in [0, 0.1) is 20.8 Å². The molecule has 0 aliphatic heterocycles. The van der Waals surface area contributed by atoms with Crippen LogP contribution >= 0.6 is 0 Å². The Morgan fingerprint density at radius 1 is 1.03 bits per heavy atom. The summed E-state index contributed by atoms with van der Waals surface area (Å²) in [7, 11) is 0. The molecular weight excluding hydrogens is 421 g/mol. The van der Waals surface area contributed by atoms with Gasteiger partial charge in [-0.15, -0.1) is 0 Å². The molecule has 2 heterocycles. The highest BCUT2D eigenvalue weighted by Crippen LogP contribution is 2.38. The van der Waals surface area contributed by atoms with E-state index < -0.39 is 23.3 Å². The van der Waals surface area contributed by atoms with Crippen molar-refractivity contribution >= 4 is 17.2 Å². The summed E-state index contributed by atoms with van der Waals surface area (Å²) in [6.07, 6.45) is -4.80. The number of anilines is 1. The Kier molecular flexibility index (Phi) is 5.12. The number of hydrogen-bond acceptors (Lipinski definition) is 3. The molecule has 1 amide bonds. The fourth-order valence-electron chi connectivity index (χ4n) is 3.60. The van der Waals surface area contributed by atoms with E-state index in [0.29, 0.717) is 10.2 Å². The molecule has 0 saturated carbocycles. The van der Waals surface area contributed by atoms with E-state index in [1.165, 1.54) is 19.1 Å². The average Bonchev–Trinajstić information content (AvgIpc) is 3.12. The number of amides is 1. The van der Waals surface area contributed by atoms with Gasteiger partial charge in [-0.25, -0.2) is 0 Å². The van der Waals surface area contributed by atoms with Crippen molar-refractivity contribution in [2.45, 2.75) is 26.9 Å². The van der Waals surface area contributed by atoms with Crippen molar-refractivity contribution in [3.05, 3.63) is 87.0 Å². The highest BCUT2D eigenvalue weighted by Gasteiger charge is 2.39. The maximum absolute atomic E-state index is 13.8. The summed E-state index contributed by atoms with van der Waals surface area (Å²) < 4.78 is 41.9. The standard InChI is InChI=1S/C23H19F3N4O2/c1-12-8-7-11-16(13(12)2)28-21(31)17-14(3)27-20-18(15-9-5-4-6-10-15)19(23(24,25)26)29-30(20)22(17)32/h4-11,27H,1-3H3,(H,28,31). The van der Waals surface area contributed by atoms with Crippen molar-refractivity contribution in [1.82, 2.24) is 14.6 Å². The molecule has 0 saturated heterocycles. The minimum atomic E-state index is -4.80. The summed E-state index contributed by atoms with van der Waals surface area (Å²) in [5.41, 5.74) is -0.179. The first-order valence-corrected chi connectivity index (χ1v) is 9.75. The second-order valence-corrected chi connectivity index (χ2v) is 7.48. The van der Waals surface area contributed by atoms with Gasteiger partial charge in [0.25, 0.3) is 11.5 Å². The molecule has 164 valence electrons. The van der Waals surface area contributed by atoms with Gasteiger partial charge < -0.3 is 10.3 Å².